The molecule has 144 valence electrons. The predicted octanol–water partition coefficient (Wildman–Crippen LogP) is 3.59. The van der Waals surface area contributed by atoms with Crippen molar-refractivity contribution in [2.24, 2.45) is 0 Å². The Morgan fingerprint density at radius 3 is 2.63 bits per heavy atom. The van der Waals surface area contributed by atoms with Gasteiger partial charge in [-0.1, -0.05) is 5.16 Å². The van der Waals surface area contributed by atoms with Crippen molar-refractivity contribution < 1.29 is 22.5 Å². The number of nitrogens with zero attached hydrogens (tertiary/aromatic N) is 4. The molecule has 3 aromatic rings. The standard InChI is InChI=1S/C16H16F3N5O2S/c1-15(2,3)21-13(25)10-6-7-24(22-10)8-9-4-5-11(27-9)12-20-14(26-23-12)16(17,18)19/h4-7H,8H2,1-3H3,(H,21,25). The highest BCUT2D eigenvalue weighted by atomic mass is 32.1. The second-order valence-corrected chi connectivity index (χ2v) is 7.96. The molecule has 11 heteroatoms. The minimum atomic E-state index is -4.68. The van der Waals surface area contributed by atoms with Gasteiger partial charge in [0.2, 0.25) is 5.82 Å². The lowest BCUT2D eigenvalue weighted by atomic mass is 10.1. The van der Waals surface area contributed by atoms with E-state index in [0.717, 1.165) is 4.88 Å². The Hall–Kier alpha value is -2.69. The zero-order valence-corrected chi connectivity index (χ0v) is 15.5. The highest BCUT2D eigenvalue weighted by molar-refractivity contribution is 7.15. The van der Waals surface area contributed by atoms with Crippen LogP contribution in [0, 0.1) is 0 Å². The average Bonchev–Trinajstić information content (AvgIpc) is 3.25. The molecule has 0 aliphatic rings. The SMILES string of the molecule is CC(C)(C)NC(=O)c1ccn(Cc2ccc(-c3noc(C(F)(F)F)n3)s2)n1. The fourth-order valence-corrected chi connectivity index (χ4v) is 3.08. The molecule has 0 aromatic carbocycles. The maximum atomic E-state index is 12.5. The molecule has 0 fully saturated rings. The maximum absolute atomic E-state index is 12.5. The molecule has 0 saturated heterocycles. The van der Waals surface area contributed by atoms with Crippen molar-refractivity contribution in [3.63, 3.8) is 0 Å². The molecular formula is C16H16F3N5O2S. The number of thiophene rings is 1. The number of hydrogen-bond donors (Lipinski definition) is 1. The fraction of sp³-hybridized carbons (Fsp3) is 0.375. The second-order valence-electron chi connectivity index (χ2n) is 6.79. The number of aromatic nitrogens is 4. The van der Waals surface area contributed by atoms with Gasteiger partial charge in [-0.25, -0.2) is 0 Å². The average molecular weight is 399 g/mol. The van der Waals surface area contributed by atoms with Gasteiger partial charge in [0.15, 0.2) is 0 Å². The van der Waals surface area contributed by atoms with E-state index in [0.29, 0.717) is 11.4 Å². The maximum Gasteiger partial charge on any atom is 0.471 e. The Bertz CT molecular complexity index is 952. The van der Waals surface area contributed by atoms with Crippen molar-refractivity contribution in [2.45, 2.75) is 39.0 Å². The van der Waals surface area contributed by atoms with Gasteiger partial charge in [-0.2, -0.15) is 23.3 Å². The summed E-state index contributed by atoms with van der Waals surface area (Å²) in [6.45, 7) is 5.98. The van der Waals surface area contributed by atoms with E-state index in [1.165, 1.54) is 11.3 Å². The Morgan fingerprint density at radius 2 is 2.00 bits per heavy atom. The van der Waals surface area contributed by atoms with Crippen molar-refractivity contribution in [1.29, 1.82) is 0 Å². The largest absolute Gasteiger partial charge is 0.471 e. The van der Waals surface area contributed by atoms with Gasteiger partial charge in [-0.15, -0.1) is 11.3 Å². The lowest BCUT2D eigenvalue weighted by molar-refractivity contribution is -0.159. The van der Waals surface area contributed by atoms with E-state index in [-0.39, 0.29) is 23.0 Å². The van der Waals surface area contributed by atoms with Crippen LogP contribution in [0.15, 0.2) is 28.9 Å². The summed E-state index contributed by atoms with van der Waals surface area (Å²) in [5.41, 5.74) is -0.0849. The van der Waals surface area contributed by atoms with Crippen molar-refractivity contribution in [1.82, 2.24) is 25.2 Å². The number of rotatable bonds is 4. The highest BCUT2D eigenvalue weighted by Crippen LogP contribution is 2.31. The van der Waals surface area contributed by atoms with E-state index < -0.39 is 12.1 Å². The first-order valence-corrected chi connectivity index (χ1v) is 8.69. The number of carbonyl (C=O) groups is 1. The topological polar surface area (TPSA) is 85.8 Å². The van der Waals surface area contributed by atoms with E-state index in [4.69, 9.17) is 0 Å². The van der Waals surface area contributed by atoms with Crippen LogP contribution in [-0.4, -0.2) is 31.4 Å². The predicted molar refractivity (Wildman–Crippen MR) is 91.2 cm³/mol. The third-order valence-corrected chi connectivity index (χ3v) is 4.30. The van der Waals surface area contributed by atoms with Gasteiger partial charge in [-0.05, 0) is 39.0 Å². The first-order valence-electron chi connectivity index (χ1n) is 7.87. The smallest absolute Gasteiger partial charge is 0.346 e. The molecule has 3 heterocycles. The van der Waals surface area contributed by atoms with Crippen molar-refractivity contribution in [3.05, 3.63) is 40.9 Å². The summed E-state index contributed by atoms with van der Waals surface area (Å²) in [6.07, 6.45) is -3.02. The number of nitrogens with one attached hydrogen (secondary N) is 1. The molecule has 0 atom stereocenters. The Morgan fingerprint density at radius 1 is 1.26 bits per heavy atom. The first kappa shape index (κ1) is 19.1. The van der Waals surface area contributed by atoms with Crippen molar-refractivity contribution in [3.8, 4) is 10.7 Å². The molecule has 0 spiro atoms. The molecule has 7 nitrogen and oxygen atoms in total. The van der Waals surface area contributed by atoms with E-state index in [9.17, 15) is 18.0 Å². The summed E-state index contributed by atoms with van der Waals surface area (Å²) in [6, 6.07) is 4.95. The van der Waals surface area contributed by atoms with E-state index >= 15 is 0 Å². The van der Waals surface area contributed by atoms with Gasteiger partial charge in [0.1, 0.15) is 5.69 Å². The molecule has 0 unspecified atom stereocenters. The third kappa shape index (κ3) is 4.73. The summed E-state index contributed by atoms with van der Waals surface area (Å²) in [5.74, 6) is -1.78. The zero-order chi connectivity index (χ0) is 19.8. The minimum Gasteiger partial charge on any atom is -0.346 e. The first-order chi connectivity index (χ1) is 12.5. The van der Waals surface area contributed by atoms with E-state index in [1.807, 2.05) is 20.8 Å². The summed E-state index contributed by atoms with van der Waals surface area (Å²) < 4.78 is 43.4. The van der Waals surface area contributed by atoms with Crippen molar-refractivity contribution in [2.75, 3.05) is 0 Å². The van der Waals surface area contributed by atoms with Crippen molar-refractivity contribution >= 4 is 17.2 Å². The second kappa shape index (κ2) is 6.80. The summed E-state index contributed by atoms with van der Waals surface area (Å²) in [4.78, 5) is 16.7. The number of halogens is 3. The number of amides is 1. The molecule has 3 rings (SSSR count). The molecule has 1 amide bonds. The van der Waals surface area contributed by atoms with Crippen LogP contribution >= 0.6 is 11.3 Å². The van der Waals surface area contributed by atoms with Crippen LogP contribution in [0.4, 0.5) is 13.2 Å². The van der Waals surface area contributed by atoms with Crippen LogP contribution < -0.4 is 5.32 Å². The lowest BCUT2D eigenvalue weighted by Gasteiger charge is -2.19. The summed E-state index contributed by atoms with van der Waals surface area (Å²) >= 11 is 1.22. The molecule has 27 heavy (non-hydrogen) atoms. The van der Waals surface area contributed by atoms with Crippen LogP contribution in [0.25, 0.3) is 10.7 Å². The monoisotopic (exact) mass is 399 g/mol. The molecule has 0 radical (unpaired) electrons. The molecular weight excluding hydrogens is 383 g/mol. The Balaban J connectivity index is 1.70. The summed E-state index contributed by atoms with van der Waals surface area (Å²) in [5, 5.41) is 10.4. The molecule has 0 aliphatic heterocycles. The van der Waals surface area contributed by atoms with Gasteiger partial charge in [0, 0.05) is 16.6 Å². The highest BCUT2D eigenvalue weighted by Gasteiger charge is 2.38. The lowest BCUT2D eigenvalue weighted by Crippen LogP contribution is -2.40. The number of alkyl halides is 3. The number of carbonyl (C=O) groups excluding carboxylic acids is 1. The quantitative estimate of drug-likeness (QED) is 0.725. The molecule has 1 N–H and O–H groups in total. The van der Waals surface area contributed by atoms with Gasteiger partial charge < -0.3 is 9.84 Å². The Kier molecular flexibility index (Phi) is 4.81. The van der Waals surface area contributed by atoms with Gasteiger partial charge in [-0.3, -0.25) is 9.48 Å². The minimum absolute atomic E-state index is 0.121. The number of hydrogen-bond acceptors (Lipinski definition) is 6. The van der Waals surface area contributed by atoms with Crippen LogP contribution in [0.2, 0.25) is 0 Å². The molecule has 0 bridgehead atoms. The van der Waals surface area contributed by atoms with Crippen LogP contribution in [0.5, 0.6) is 0 Å². The summed E-state index contributed by atoms with van der Waals surface area (Å²) in [7, 11) is 0. The van der Waals surface area contributed by atoms with Crippen LogP contribution in [0.1, 0.15) is 42.0 Å². The third-order valence-electron chi connectivity index (χ3n) is 3.23. The Labute approximate surface area is 156 Å². The molecule has 0 saturated carbocycles. The fourth-order valence-electron chi connectivity index (χ4n) is 2.16. The van der Waals surface area contributed by atoms with E-state index in [1.54, 1.807) is 29.1 Å². The van der Waals surface area contributed by atoms with Crippen LogP contribution in [-0.2, 0) is 12.7 Å². The zero-order valence-electron chi connectivity index (χ0n) is 14.7. The van der Waals surface area contributed by atoms with Crippen LogP contribution in [0.3, 0.4) is 0 Å². The normalized spacial score (nSPS) is 12.4. The van der Waals surface area contributed by atoms with Gasteiger partial charge in [0.05, 0.1) is 11.4 Å². The molecule has 0 aliphatic carbocycles. The van der Waals surface area contributed by atoms with Gasteiger partial charge in [0.25, 0.3) is 5.91 Å². The van der Waals surface area contributed by atoms with Gasteiger partial charge >= 0.3 is 12.1 Å². The van der Waals surface area contributed by atoms with E-state index in [2.05, 4.69) is 25.1 Å². The molecule has 3 aromatic heterocycles.